The van der Waals surface area contributed by atoms with Gasteiger partial charge in [-0.3, -0.25) is 14.6 Å². The monoisotopic (exact) mass is 380 g/mol. The number of benzene rings is 2. The third kappa shape index (κ3) is 3.71. The average Bonchev–Trinajstić information content (AvgIpc) is 2.67. The minimum absolute atomic E-state index is 0.205. The number of Topliss-reactive ketones (excluding diaryl/α,β-unsaturated/α-hetero) is 1. The number of hydrogen-bond donors (Lipinski definition) is 0. The van der Waals surface area contributed by atoms with E-state index in [0.717, 1.165) is 11.1 Å². The molecule has 28 heavy (non-hydrogen) atoms. The minimum Gasteiger partial charge on any atom is -0.494 e. The van der Waals surface area contributed by atoms with Crippen molar-refractivity contribution in [1.82, 2.24) is 9.88 Å². The van der Waals surface area contributed by atoms with Gasteiger partial charge in [0.1, 0.15) is 11.3 Å². The molecular weight excluding hydrogens is 359 g/mol. The van der Waals surface area contributed by atoms with Crippen LogP contribution in [0.3, 0.4) is 0 Å². The van der Waals surface area contributed by atoms with Crippen LogP contribution in [0.15, 0.2) is 42.6 Å². The molecule has 0 bridgehead atoms. The standard InChI is InChI=1S/C22H21FN2O3/c1-13(26)17-11-19(22(27)25(2)3)18-10-15(12-24-20(18)21(17)28-4)9-14-5-7-16(23)8-6-14/h5-8,10-12H,9H2,1-4H3. The van der Waals surface area contributed by atoms with Crippen LogP contribution in [0, 0.1) is 5.82 Å². The largest absolute Gasteiger partial charge is 0.494 e. The third-order valence-corrected chi connectivity index (χ3v) is 4.52. The number of fused-ring (bicyclic) bond motifs is 1. The van der Waals surface area contributed by atoms with E-state index in [0.29, 0.717) is 34.2 Å². The summed E-state index contributed by atoms with van der Waals surface area (Å²) < 4.78 is 18.6. The SMILES string of the molecule is COc1c(C(C)=O)cc(C(=O)N(C)C)c2cc(Cc3ccc(F)cc3)cnc12. The first-order valence-electron chi connectivity index (χ1n) is 8.78. The van der Waals surface area contributed by atoms with Crippen molar-refractivity contribution < 1.29 is 18.7 Å². The molecule has 3 rings (SSSR count). The number of methoxy groups -OCH3 is 1. The van der Waals surface area contributed by atoms with Crippen LogP contribution in [0.2, 0.25) is 0 Å². The smallest absolute Gasteiger partial charge is 0.254 e. The molecule has 0 radical (unpaired) electrons. The summed E-state index contributed by atoms with van der Waals surface area (Å²) in [6.45, 7) is 1.43. The highest BCUT2D eigenvalue weighted by Gasteiger charge is 2.22. The number of ketones is 1. The van der Waals surface area contributed by atoms with Crippen molar-refractivity contribution in [3.8, 4) is 5.75 Å². The summed E-state index contributed by atoms with van der Waals surface area (Å²) in [6.07, 6.45) is 2.22. The molecule has 144 valence electrons. The van der Waals surface area contributed by atoms with E-state index in [4.69, 9.17) is 4.74 Å². The second-order valence-electron chi connectivity index (χ2n) is 6.80. The highest BCUT2D eigenvalue weighted by atomic mass is 19.1. The van der Waals surface area contributed by atoms with Crippen molar-refractivity contribution in [2.75, 3.05) is 21.2 Å². The first kappa shape index (κ1) is 19.5. The highest BCUT2D eigenvalue weighted by Crippen LogP contribution is 2.33. The summed E-state index contributed by atoms with van der Waals surface area (Å²) in [5, 5.41) is 0.611. The second-order valence-corrected chi connectivity index (χ2v) is 6.80. The van der Waals surface area contributed by atoms with Gasteiger partial charge >= 0.3 is 0 Å². The van der Waals surface area contributed by atoms with E-state index in [-0.39, 0.29) is 17.5 Å². The second kappa shape index (κ2) is 7.76. The Bertz CT molecular complexity index is 1060. The van der Waals surface area contributed by atoms with Crippen LogP contribution < -0.4 is 4.74 Å². The maximum absolute atomic E-state index is 13.1. The van der Waals surface area contributed by atoms with E-state index in [2.05, 4.69) is 4.98 Å². The molecule has 1 aromatic heterocycles. The molecule has 0 fully saturated rings. The maximum Gasteiger partial charge on any atom is 0.254 e. The number of hydrogen-bond acceptors (Lipinski definition) is 4. The molecule has 5 nitrogen and oxygen atoms in total. The number of rotatable bonds is 5. The van der Waals surface area contributed by atoms with Gasteiger partial charge in [0.2, 0.25) is 0 Å². The molecule has 0 aliphatic rings. The molecule has 0 aliphatic heterocycles. The van der Waals surface area contributed by atoms with E-state index in [9.17, 15) is 14.0 Å². The lowest BCUT2D eigenvalue weighted by Gasteiger charge is -2.17. The van der Waals surface area contributed by atoms with Gasteiger partial charge in [-0.2, -0.15) is 0 Å². The average molecular weight is 380 g/mol. The van der Waals surface area contributed by atoms with Crippen molar-refractivity contribution in [3.05, 3.63) is 70.7 Å². The summed E-state index contributed by atoms with van der Waals surface area (Å²) in [4.78, 5) is 30.8. The molecule has 0 atom stereocenters. The summed E-state index contributed by atoms with van der Waals surface area (Å²) >= 11 is 0. The predicted molar refractivity (Wildman–Crippen MR) is 106 cm³/mol. The number of carbonyl (C=O) groups is 2. The summed E-state index contributed by atoms with van der Waals surface area (Å²) in [5.74, 6) is -0.369. The van der Waals surface area contributed by atoms with Gasteiger partial charge in [0, 0.05) is 31.2 Å². The summed E-state index contributed by atoms with van der Waals surface area (Å²) in [6, 6.07) is 9.68. The Labute approximate surface area is 162 Å². The van der Waals surface area contributed by atoms with Crippen LogP contribution in [0.1, 0.15) is 38.8 Å². The fraction of sp³-hybridized carbons (Fsp3) is 0.227. The Balaban J connectivity index is 2.20. The van der Waals surface area contributed by atoms with Gasteiger partial charge in [-0.05, 0) is 48.7 Å². The molecule has 3 aromatic rings. The van der Waals surface area contributed by atoms with E-state index < -0.39 is 0 Å². The van der Waals surface area contributed by atoms with Gasteiger partial charge in [0.25, 0.3) is 5.91 Å². The number of nitrogens with zero attached hydrogens (tertiary/aromatic N) is 2. The van der Waals surface area contributed by atoms with Gasteiger partial charge < -0.3 is 9.64 Å². The molecular formula is C22H21FN2O3. The zero-order chi connectivity index (χ0) is 20.4. The normalized spacial score (nSPS) is 10.8. The van der Waals surface area contributed by atoms with Crippen molar-refractivity contribution in [2.24, 2.45) is 0 Å². The molecule has 0 aliphatic carbocycles. The number of pyridine rings is 1. The Kier molecular flexibility index (Phi) is 5.40. The number of carbonyl (C=O) groups excluding carboxylic acids is 2. The van der Waals surface area contributed by atoms with E-state index >= 15 is 0 Å². The van der Waals surface area contributed by atoms with E-state index in [1.54, 1.807) is 38.5 Å². The number of amides is 1. The first-order valence-corrected chi connectivity index (χ1v) is 8.78. The lowest BCUT2D eigenvalue weighted by atomic mass is 9.97. The molecule has 0 spiro atoms. The lowest BCUT2D eigenvalue weighted by molar-refractivity contribution is 0.0829. The molecule has 6 heteroatoms. The molecule has 2 aromatic carbocycles. The van der Waals surface area contributed by atoms with Crippen LogP contribution in [0.4, 0.5) is 4.39 Å². The Morgan fingerprint density at radius 3 is 2.32 bits per heavy atom. The van der Waals surface area contributed by atoms with E-state index in [1.807, 2.05) is 6.07 Å². The summed E-state index contributed by atoms with van der Waals surface area (Å²) in [5.41, 5.74) is 2.96. The van der Waals surface area contributed by atoms with Crippen LogP contribution in [0.5, 0.6) is 5.75 Å². The molecule has 0 saturated heterocycles. The quantitative estimate of drug-likeness (QED) is 0.631. The highest BCUT2D eigenvalue weighted by molar-refractivity contribution is 6.12. The van der Waals surface area contributed by atoms with Gasteiger partial charge in [0.05, 0.1) is 12.7 Å². The first-order chi connectivity index (χ1) is 13.3. The van der Waals surface area contributed by atoms with Crippen LogP contribution in [0.25, 0.3) is 10.9 Å². The third-order valence-electron chi connectivity index (χ3n) is 4.52. The Morgan fingerprint density at radius 1 is 1.07 bits per heavy atom. The van der Waals surface area contributed by atoms with Gasteiger partial charge in [-0.25, -0.2) is 4.39 Å². The lowest BCUT2D eigenvalue weighted by Crippen LogP contribution is -2.22. The molecule has 1 heterocycles. The van der Waals surface area contributed by atoms with E-state index in [1.165, 1.54) is 31.1 Å². The Hall–Kier alpha value is -3.28. The van der Waals surface area contributed by atoms with Crippen LogP contribution in [-0.2, 0) is 6.42 Å². The van der Waals surface area contributed by atoms with Crippen molar-refractivity contribution >= 4 is 22.6 Å². The predicted octanol–water partition coefficient (Wildman–Crippen LogP) is 3.88. The van der Waals surface area contributed by atoms with Gasteiger partial charge in [0.15, 0.2) is 11.5 Å². The van der Waals surface area contributed by atoms with Crippen molar-refractivity contribution in [1.29, 1.82) is 0 Å². The molecule has 0 N–H and O–H groups in total. The zero-order valence-electron chi connectivity index (χ0n) is 16.2. The number of aromatic nitrogens is 1. The van der Waals surface area contributed by atoms with Gasteiger partial charge in [-0.15, -0.1) is 0 Å². The zero-order valence-corrected chi connectivity index (χ0v) is 16.2. The van der Waals surface area contributed by atoms with Gasteiger partial charge in [-0.1, -0.05) is 12.1 Å². The molecule has 0 unspecified atom stereocenters. The van der Waals surface area contributed by atoms with Crippen molar-refractivity contribution in [2.45, 2.75) is 13.3 Å². The topological polar surface area (TPSA) is 59.5 Å². The number of halogens is 1. The number of ether oxygens (including phenoxy) is 1. The maximum atomic E-state index is 13.1. The van der Waals surface area contributed by atoms with Crippen LogP contribution in [-0.4, -0.2) is 42.8 Å². The Morgan fingerprint density at radius 2 is 1.75 bits per heavy atom. The van der Waals surface area contributed by atoms with Crippen molar-refractivity contribution in [3.63, 3.8) is 0 Å². The fourth-order valence-corrected chi connectivity index (χ4v) is 3.13. The molecule has 0 saturated carbocycles. The molecule has 1 amide bonds. The van der Waals surface area contributed by atoms with Crippen LogP contribution >= 0.6 is 0 Å². The minimum atomic E-state index is -0.291. The fourth-order valence-electron chi connectivity index (χ4n) is 3.13. The summed E-state index contributed by atoms with van der Waals surface area (Å²) in [7, 11) is 4.78.